The van der Waals surface area contributed by atoms with Gasteiger partial charge >= 0.3 is 5.97 Å². The number of halogens is 2. The summed E-state index contributed by atoms with van der Waals surface area (Å²) in [6.45, 7) is 0.335. The van der Waals surface area contributed by atoms with Gasteiger partial charge in [0.2, 0.25) is 0 Å². The van der Waals surface area contributed by atoms with Crippen LogP contribution >= 0.6 is 11.6 Å². The average Bonchev–Trinajstić information content (AvgIpc) is 2.75. The summed E-state index contributed by atoms with van der Waals surface area (Å²) in [6.07, 6.45) is 4.58. The Labute approximate surface area is 109 Å². The predicted molar refractivity (Wildman–Crippen MR) is 64.7 cm³/mol. The Morgan fingerprint density at radius 3 is 2.94 bits per heavy atom. The molecule has 0 spiro atoms. The van der Waals surface area contributed by atoms with Crippen LogP contribution in [0.2, 0.25) is 5.02 Å². The largest absolute Gasteiger partial charge is 0.456 e. The van der Waals surface area contributed by atoms with Crippen molar-refractivity contribution < 1.29 is 13.9 Å². The third kappa shape index (κ3) is 3.20. The van der Waals surface area contributed by atoms with E-state index >= 15 is 0 Å². The fourth-order valence-electron chi connectivity index (χ4n) is 1.74. The van der Waals surface area contributed by atoms with Crippen molar-refractivity contribution in [3.8, 4) is 0 Å². The molecule has 4 nitrogen and oxygen atoms in total. The van der Waals surface area contributed by atoms with Crippen LogP contribution in [-0.2, 0) is 16.1 Å². The minimum atomic E-state index is -0.500. The van der Waals surface area contributed by atoms with Gasteiger partial charge in [-0.3, -0.25) is 4.98 Å². The lowest BCUT2D eigenvalue weighted by atomic mass is 10.2. The van der Waals surface area contributed by atoms with Crippen molar-refractivity contribution >= 4 is 17.6 Å². The molecule has 0 atom stereocenters. The molecule has 1 aromatic rings. The zero-order valence-corrected chi connectivity index (χ0v) is 10.4. The molecule has 0 saturated heterocycles. The van der Waals surface area contributed by atoms with Crippen molar-refractivity contribution in [2.75, 3.05) is 19.8 Å². The predicted octanol–water partition coefficient (Wildman–Crippen LogP) is 1.95. The van der Waals surface area contributed by atoms with Crippen LogP contribution in [0.25, 0.3) is 0 Å². The molecule has 96 valence electrons. The number of aromatic nitrogens is 1. The first kappa shape index (κ1) is 12.8. The van der Waals surface area contributed by atoms with Crippen LogP contribution < -0.4 is 0 Å². The monoisotopic (exact) mass is 270 g/mol. The molecule has 0 amide bonds. The number of hydrogen-bond donors (Lipinski definition) is 0. The topological polar surface area (TPSA) is 42.4 Å². The third-order valence-corrected chi connectivity index (χ3v) is 2.75. The van der Waals surface area contributed by atoms with Crippen molar-refractivity contribution in [1.29, 1.82) is 0 Å². The summed E-state index contributed by atoms with van der Waals surface area (Å²) in [4.78, 5) is 16.7. The normalized spacial score (nSPS) is 14.3. The number of nitrogens with zero attached hydrogens (tertiary/aromatic N) is 2. The summed E-state index contributed by atoms with van der Waals surface area (Å²) in [7, 11) is 0. The third-order valence-electron chi connectivity index (χ3n) is 2.54. The molecule has 1 aliphatic rings. The molecule has 0 N–H and O–H groups in total. The van der Waals surface area contributed by atoms with E-state index in [4.69, 9.17) is 16.3 Å². The van der Waals surface area contributed by atoms with Crippen LogP contribution in [0.5, 0.6) is 0 Å². The van der Waals surface area contributed by atoms with Gasteiger partial charge < -0.3 is 9.64 Å². The Balaban J connectivity index is 2.11. The van der Waals surface area contributed by atoms with Gasteiger partial charge in [-0.1, -0.05) is 11.6 Å². The number of pyridine rings is 1. The van der Waals surface area contributed by atoms with E-state index in [2.05, 4.69) is 4.98 Å². The van der Waals surface area contributed by atoms with Crippen LogP contribution in [-0.4, -0.2) is 35.7 Å². The number of carbonyl (C=O) groups is 1. The van der Waals surface area contributed by atoms with E-state index in [-0.39, 0.29) is 13.2 Å². The highest BCUT2D eigenvalue weighted by atomic mass is 35.5. The van der Waals surface area contributed by atoms with E-state index in [0.29, 0.717) is 17.3 Å². The lowest BCUT2D eigenvalue weighted by molar-refractivity contribution is -0.135. The molecule has 1 aliphatic heterocycles. The Hall–Kier alpha value is -1.62. The van der Waals surface area contributed by atoms with Crippen LogP contribution in [0, 0.1) is 0 Å². The maximum absolute atomic E-state index is 12.5. The second-order valence-electron chi connectivity index (χ2n) is 3.87. The first-order chi connectivity index (χ1) is 8.69. The summed E-state index contributed by atoms with van der Waals surface area (Å²) < 4.78 is 17.4. The van der Waals surface area contributed by atoms with E-state index < -0.39 is 12.6 Å². The Bertz CT molecular complexity index is 479. The van der Waals surface area contributed by atoms with E-state index in [1.54, 1.807) is 17.2 Å². The van der Waals surface area contributed by atoms with Crippen LogP contribution in [0.1, 0.15) is 5.56 Å². The summed E-state index contributed by atoms with van der Waals surface area (Å²) in [5, 5.41) is 0.528. The van der Waals surface area contributed by atoms with Gasteiger partial charge in [0, 0.05) is 31.6 Å². The van der Waals surface area contributed by atoms with E-state index in [0.717, 1.165) is 5.56 Å². The molecule has 0 aromatic carbocycles. The lowest BCUT2D eigenvalue weighted by Crippen LogP contribution is -2.25. The van der Waals surface area contributed by atoms with Crippen molar-refractivity contribution in [3.05, 3.63) is 40.8 Å². The van der Waals surface area contributed by atoms with Gasteiger partial charge in [0.1, 0.15) is 13.3 Å². The van der Waals surface area contributed by atoms with Crippen molar-refractivity contribution in [2.45, 2.75) is 6.54 Å². The molecular weight excluding hydrogens is 259 g/mol. The minimum Gasteiger partial charge on any atom is -0.456 e. The number of esters is 1. The molecular formula is C12H12ClFN2O2. The van der Waals surface area contributed by atoms with E-state index in [1.807, 2.05) is 0 Å². The van der Waals surface area contributed by atoms with Crippen LogP contribution in [0.3, 0.4) is 0 Å². The van der Waals surface area contributed by atoms with Gasteiger partial charge in [-0.2, -0.15) is 0 Å². The zero-order valence-electron chi connectivity index (χ0n) is 9.60. The van der Waals surface area contributed by atoms with Crippen LogP contribution in [0.15, 0.2) is 30.2 Å². The highest BCUT2D eigenvalue weighted by Crippen LogP contribution is 2.17. The fourth-order valence-corrected chi connectivity index (χ4v) is 1.93. The molecule has 1 aromatic heterocycles. The summed E-state index contributed by atoms with van der Waals surface area (Å²) in [6, 6.07) is 1.76. The van der Waals surface area contributed by atoms with Gasteiger partial charge in [-0.05, 0) is 11.6 Å². The molecule has 0 fully saturated rings. The summed E-state index contributed by atoms with van der Waals surface area (Å²) in [5.74, 6) is -0.391. The Morgan fingerprint density at radius 2 is 2.33 bits per heavy atom. The van der Waals surface area contributed by atoms with Gasteiger partial charge in [-0.25, -0.2) is 9.18 Å². The molecule has 6 heteroatoms. The first-order valence-electron chi connectivity index (χ1n) is 5.46. The molecule has 0 aliphatic carbocycles. The van der Waals surface area contributed by atoms with Crippen molar-refractivity contribution in [3.63, 3.8) is 0 Å². The number of ether oxygens (including phenoxy) is 1. The lowest BCUT2D eigenvalue weighted by Gasteiger charge is -2.23. The van der Waals surface area contributed by atoms with Crippen molar-refractivity contribution in [1.82, 2.24) is 9.88 Å². The fraction of sp³-hybridized carbons (Fsp3) is 0.333. The molecule has 0 radical (unpaired) electrons. The number of rotatable bonds is 5. The molecule has 2 heterocycles. The maximum atomic E-state index is 12.5. The smallest absolute Gasteiger partial charge is 0.333 e. The Morgan fingerprint density at radius 1 is 1.50 bits per heavy atom. The molecule has 0 saturated carbocycles. The second-order valence-corrected chi connectivity index (χ2v) is 4.30. The molecule has 0 bridgehead atoms. The molecule has 2 rings (SSSR count). The molecule has 0 unspecified atom stereocenters. The van der Waals surface area contributed by atoms with Crippen LogP contribution in [0.4, 0.5) is 4.39 Å². The number of cyclic esters (lactones) is 1. The maximum Gasteiger partial charge on any atom is 0.333 e. The van der Waals surface area contributed by atoms with Crippen molar-refractivity contribution in [2.24, 2.45) is 0 Å². The highest BCUT2D eigenvalue weighted by Gasteiger charge is 2.19. The number of alkyl halides is 1. The first-order valence-corrected chi connectivity index (χ1v) is 5.84. The van der Waals surface area contributed by atoms with Gasteiger partial charge in [0.15, 0.2) is 0 Å². The molecule has 18 heavy (non-hydrogen) atoms. The SMILES string of the molecule is O=C1C=C(N(CCF)Cc2cncc(Cl)c2)CO1. The number of hydrogen-bond acceptors (Lipinski definition) is 4. The minimum absolute atomic E-state index is 0.187. The van der Waals surface area contributed by atoms with Gasteiger partial charge in [0.25, 0.3) is 0 Å². The number of carbonyl (C=O) groups excluding carboxylic acids is 1. The standard InChI is InChI=1S/C12H12ClFN2O2/c13-10-3-9(5-15-6-10)7-16(2-1-14)11-4-12(17)18-8-11/h3-6H,1-2,7-8H2. The van der Waals surface area contributed by atoms with Gasteiger partial charge in [-0.15, -0.1) is 0 Å². The second kappa shape index (κ2) is 5.82. The highest BCUT2D eigenvalue weighted by molar-refractivity contribution is 6.30. The van der Waals surface area contributed by atoms with E-state index in [1.165, 1.54) is 12.3 Å². The quantitative estimate of drug-likeness (QED) is 0.767. The average molecular weight is 271 g/mol. The summed E-state index contributed by atoms with van der Waals surface area (Å²) >= 11 is 5.84. The zero-order chi connectivity index (χ0) is 13.0. The van der Waals surface area contributed by atoms with E-state index in [9.17, 15) is 9.18 Å². The van der Waals surface area contributed by atoms with Gasteiger partial charge in [0.05, 0.1) is 10.7 Å². The Kier molecular flexibility index (Phi) is 4.15. The summed E-state index contributed by atoms with van der Waals surface area (Å²) in [5.41, 5.74) is 1.54.